The van der Waals surface area contributed by atoms with E-state index >= 15 is 0 Å². The molecule has 0 aliphatic heterocycles. The maximum Gasteiger partial charge on any atom is 0.441 e. The van der Waals surface area contributed by atoms with Crippen LogP contribution in [0.15, 0.2) is 0 Å². The maximum atomic E-state index is 11.5. The molecule has 0 aromatic carbocycles. The lowest BCUT2D eigenvalue weighted by Gasteiger charge is -2.18. The van der Waals surface area contributed by atoms with Crippen LogP contribution in [-0.4, -0.2) is 16.8 Å². The molecule has 0 amide bonds. The molecule has 0 rings (SSSR count). The third-order valence-electron chi connectivity index (χ3n) is 0.608. The van der Waals surface area contributed by atoms with Crippen molar-refractivity contribution in [3.63, 3.8) is 0 Å². The summed E-state index contributed by atoms with van der Waals surface area (Å²) >= 11 is -0.0845. The molecule has 0 saturated heterocycles. The highest BCUT2D eigenvalue weighted by Gasteiger charge is 2.30. The van der Waals surface area contributed by atoms with E-state index in [0.29, 0.717) is 0 Å². The zero-order chi connectivity index (χ0) is 8.41. The quantitative estimate of drug-likeness (QED) is 0.691. The van der Waals surface area contributed by atoms with E-state index in [2.05, 4.69) is 0 Å². The lowest BCUT2D eigenvalue weighted by Crippen LogP contribution is -2.35. The zero-order valence-corrected chi connectivity index (χ0v) is 6.64. The van der Waals surface area contributed by atoms with Crippen LogP contribution in [0.4, 0.5) is 13.2 Å². The van der Waals surface area contributed by atoms with Crippen LogP contribution < -0.4 is 5.73 Å². The predicted molar refractivity (Wildman–Crippen MR) is 36.8 cm³/mol. The second-order valence-corrected chi connectivity index (χ2v) is 3.76. The van der Waals surface area contributed by atoms with Gasteiger partial charge in [0.2, 0.25) is 0 Å². The topological polar surface area (TPSA) is 26.0 Å². The molecule has 0 spiro atoms. The summed E-state index contributed by atoms with van der Waals surface area (Å²) in [5, 5.41) is 0. The molecule has 0 bridgehead atoms. The second-order valence-electron chi connectivity index (χ2n) is 2.72. The van der Waals surface area contributed by atoms with Gasteiger partial charge in [-0.25, -0.2) is 0 Å². The Bertz CT molecular complexity index is 90.4. The Kier molecular flexibility index (Phi) is 3.03. The van der Waals surface area contributed by atoms with Gasteiger partial charge in [0.05, 0.1) is 0 Å². The van der Waals surface area contributed by atoms with E-state index in [0.717, 1.165) is 0 Å². The molecule has 0 aromatic heterocycles. The summed E-state index contributed by atoms with van der Waals surface area (Å²) in [4.78, 5) is 0. The van der Waals surface area contributed by atoms with Gasteiger partial charge in [0.1, 0.15) is 0 Å². The number of alkyl halides is 3. The van der Waals surface area contributed by atoms with E-state index in [4.69, 9.17) is 5.73 Å². The molecule has 0 atom stereocenters. The van der Waals surface area contributed by atoms with Gasteiger partial charge in [-0.15, -0.1) is 0 Å². The first-order valence-corrected chi connectivity index (χ1v) is 3.69. The summed E-state index contributed by atoms with van der Waals surface area (Å²) in [5.74, 6) is -0.101. The molecule has 0 aliphatic rings. The third-order valence-corrected chi connectivity index (χ3v) is 1.82. The largest absolute Gasteiger partial charge is 0.441 e. The summed E-state index contributed by atoms with van der Waals surface area (Å²) in [6, 6.07) is 0. The van der Waals surface area contributed by atoms with Crippen LogP contribution in [0.5, 0.6) is 0 Å². The lowest BCUT2D eigenvalue weighted by molar-refractivity contribution is -0.0330. The van der Waals surface area contributed by atoms with Crippen LogP contribution >= 0.6 is 11.8 Å². The molecule has 0 aromatic rings. The standard InChI is InChI=1S/C5H10F3NS/c1-4(2,9)3-10-5(6,7)8/h3,9H2,1-2H3. The number of hydrogen-bond donors (Lipinski definition) is 1. The van der Waals surface area contributed by atoms with E-state index in [1.54, 1.807) is 13.8 Å². The molecule has 0 fully saturated rings. The van der Waals surface area contributed by atoms with E-state index < -0.39 is 11.0 Å². The Morgan fingerprint density at radius 2 is 1.70 bits per heavy atom. The van der Waals surface area contributed by atoms with Crippen molar-refractivity contribution in [2.45, 2.75) is 24.9 Å². The SMILES string of the molecule is CC(C)(N)CSC(F)(F)F. The Hall–Kier alpha value is 0.100. The van der Waals surface area contributed by atoms with Crippen molar-refractivity contribution in [2.24, 2.45) is 5.73 Å². The van der Waals surface area contributed by atoms with Gasteiger partial charge in [-0.1, -0.05) is 0 Å². The molecule has 10 heavy (non-hydrogen) atoms. The summed E-state index contributed by atoms with van der Waals surface area (Å²) in [6.45, 7) is 3.12. The van der Waals surface area contributed by atoms with Crippen LogP contribution in [0.25, 0.3) is 0 Å². The van der Waals surface area contributed by atoms with Crippen molar-refractivity contribution < 1.29 is 13.2 Å². The highest BCUT2D eigenvalue weighted by molar-refractivity contribution is 8.00. The fourth-order valence-electron chi connectivity index (χ4n) is 0.268. The van der Waals surface area contributed by atoms with Gasteiger partial charge >= 0.3 is 5.51 Å². The summed E-state index contributed by atoms with van der Waals surface area (Å²) < 4.78 is 34.5. The van der Waals surface area contributed by atoms with Gasteiger partial charge < -0.3 is 5.73 Å². The Labute approximate surface area is 62.2 Å². The Morgan fingerprint density at radius 3 is 1.80 bits per heavy atom. The number of halogens is 3. The first-order valence-electron chi connectivity index (χ1n) is 2.70. The van der Waals surface area contributed by atoms with Gasteiger partial charge in [0, 0.05) is 11.3 Å². The minimum Gasteiger partial charge on any atom is -0.325 e. The fraction of sp³-hybridized carbons (Fsp3) is 1.00. The summed E-state index contributed by atoms with van der Waals surface area (Å²) in [6.07, 6.45) is 0. The zero-order valence-electron chi connectivity index (χ0n) is 5.83. The molecule has 0 aliphatic carbocycles. The lowest BCUT2D eigenvalue weighted by atomic mass is 10.1. The molecule has 0 heterocycles. The van der Waals surface area contributed by atoms with Gasteiger partial charge in [0.25, 0.3) is 0 Å². The van der Waals surface area contributed by atoms with Crippen molar-refractivity contribution >= 4 is 11.8 Å². The molecule has 2 N–H and O–H groups in total. The normalized spacial score (nSPS) is 13.8. The van der Waals surface area contributed by atoms with Gasteiger partial charge in [-0.2, -0.15) is 13.2 Å². The van der Waals surface area contributed by atoms with Gasteiger partial charge in [-0.3, -0.25) is 0 Å². The maximum absolute atomic E-state index is 11.5. The molecule has 0 radical (unpaired) electrons. The molecule has 5 heteroatoms. The van der Waals surface area contributed by atoms with Crippen LogP contribution in [0, 0.1) is 0 Å². The van der Waals surface area contributed by atoms with Gasteiger partial charge in [-0.05, 0) is 25.6 Å². The first kappa shape index (κ1) is 10.1. The van der Waals surface area contributed by atoms with E-state index in [-0.39, 0.29) is 17.5 Å². The molecule has 0 saturated carbocycles. The Balaban J connectivity index is 3.56. The number of nitrogens with two attached hydrogens (primary N) is 1. The molecule has 0 unspecified atom stereocenters. The average Bonchev–Trinajstić information content (AvgIpc) is 1.57. The van der Waals surface area contributed by atoms with E-state index in [1.165, 1.54) is 0 Å². The van der Waals surface area contributed by atoms with Crippen molar-refractivity contribution in [3.05, 3.63) is 0 Å². The third kappa shape index (κ3) is 8.10. The molecule has 1 nitrogen and oxygen atoms in total. The van der Waals surface area contributed by atoms with Crippen molar-refractivity contribution in [1.82, 2.24) is 0 Å². The van der Waals surface area contributed by atoms with Gasteiger partial charge in [0.15, 0.2) is 0 Å². The highest BCUT2D eigenvalue weighted by atomic mass is 32.2. The average molecular weight is 173 g/mol. The smallest absolute Gasteiger partial charge is 0.325 e. The number of thioether (sulfide) groups is 1. The monoisotopic (exact) mass is 173 g/mol. The predicted octanol–water partition coefficient (Wildman–Crippen LogP) is 1.98. The van der Waals surface area contributed by atoms with Crippen molar-refractivity contribution in [2.75, 3.05) is 5.75 Å². The molecular formula is C5H10F3NS. The van der Waals surface area contributed by atoms with Crippen molar-refractivity contribution in [1.29, 1.82) is 0 Å². The minimum atomic E-state index is -4.16. The first-order chi connectivity index (χ1) is 4.21. The van der Waals surface area contributed by atoms with E-state index in [1.807, 2.05) is 0 Å². The number of hydrogen-bond acceptors (Lipinski definition) is 2. The van der Waals surface area contributed by atoms with Crippen LogP contribution in [-0.2, 0) is 0 Å². The molecular weight excluding hydrogens is 163 g/mol. The number of rotatable bonds is 2. The highest BCUT2D eigenvalue weighted by Crippen LogP contribution is 2.31. The van der Waals surface area contributed by atoms with Crippen molar-refractivity contribution in [3.8, 4) is 0 Å². The summed E-state index contributed by atoms with van der Waals surface area (Å²) in [5.41, 5.74) is 0.416. The van der Waals surface area contributed by atoms with Crippen LogP contribution in [0.1, 0.15) is 13.8 Å². The van der Waals surface area contributed by atoms with Crippen LogP contribution in [0.3, 0.4) is 0 Å². The summed E-state index contributed by atoms with van der Waals surface area (Å²) in [7, 11) is 0. The second kappa shape index (κ2) is 3.00. The fourth-order valence-corrected chi connectivity index (χ4v) is 0.804. The van der Waals surface area contributed by atoms with E-state index in [9.17, 15) is 13.2 Å². The van der Waals surface area contributed by atoms with Crippen LogP contribution in [0.2, 0.25) is 0 Å². The minimum absolute atomic E-state index is 0.0845. The molecule has 62 valence electrons. The Morgan fingerprint density at radius 1 is 1.30 bits per heavy atom.